The SMILES string of the molecule is FC(F)(F)CO[Te](OCC(F)(F)F)(OCC(F)(F)F)OCC(F)(F)F. The van der Waals surface area contributed by atoms with Crippen LogP contribution in [0.25, 0.3) is 0 Å². The van der Waals surface area contributed by atoms with Gasteiger partial charge in [0.1, 0.15) is 0 Å². The summed E-state index contributed by atoms with van der Waals surface area (Å²) in [7, 11) is 0. The van der Waals surface area contributed by atoms with Crippen LogP contribution >= 0.6 is 0 Å². The number of alkyl halides is 12. The van der Waals surface area contributed by atoms with Crippen LogP contribution in [0.2, 0.25) is 0 Å². The number of halogens is 12. The Labute approximate surface area is 136 Å². The van der Waals surface area contributed by atoms with E-state index in [0.29, 0.717) is 0 Å². The summed E-state index contributed by atoms with van der Waals surface area (Å²) in [5.41, 5.74) is 0. The van der Waals surface area contributed by atoms with Gasteiger partial charge in [0.2, 0.25) is 0 Å². The van der Waals surface area contributed by atoms with Gasteiger partial charge in [0.05, 0.1) is 0 Å². The molecule has 0 heterocycles. The zero-order valence-electron chi connectivity index (χ0n) is 11.4. The van der Waals surface area contributed by atoms with E-state index in [1.165, 1.54) is 0 Å². The summed E-state index contributed by atoms with van der Waals surface area (Å²) in [6.45, 7) is -10.2. The van der Waals surface area contributed by atoms with E-state index in [1.54, 1.807) is 0 Å². The van der Waals surface area contributed by atoms with Crippen LogP contribution in [0.5, 0.6) is 0 Å². The predicted molar refractivity (Wildman–Crippen MR) is 53.8 cm³/mol. The Bertz CT molecular complexity index is 322. The van der Waals surface area contributed by atoms with E-state index in [9.17, 15) is 52.7 Å². The number of hydrogen-bond acceptors (Lipinski definition) is 4. The van der Waals surface area contributed by atoms with Crippen molar-refractivity contribution < 1.29 is 65.1 Å². The monoisotopic (exact) mass is 526 g/mol. The third-order valence-electron chi connectivity index (χ3n) is 1.47. The Morgan fingerprint density at radius 1 is 0.400 bits per heavy atom. The zero-order valence-corrected chi connectivity index (χ0v) is 13.7. The summed E-state index contributed by atoms with van der Waals surface area (Å²) in [4.78, 5) is 0. The van der Waals surface area contributed by atoms with Gasteiger partial charge in [-0.2, -0.15) is 0 Å². The molecule has 0 bridgehead atoms. The first kappa shape index (κ1) is 24.8. The molecule has 25 heavy (non-hydrogen) atoms. The van der Waals surface area contributed by atoms with Gasteiger partial charge in [-0.1, -0.05) is 0 Å². The van der Waals surface area contributed by atoms with Crippen LogP contribution in [0.4, 0.5) is 52.7 Å². The molecule has 0 fully saturated rings. The molecular formula is C8H8F12O4Te. The standard InChI is InChI=1S/C8H8F12O4Te/c9-5(10,11)1-21-25(22-2-6(12,13)14,23-3-7(15,16)17)24-4-8(18,19)20/h1-4H2. The Kier molecular flexibility index (Phi) is 8.58. The molecule has 0 aliphatic rings. The Balaban J connectivity index is 5.41. The third-order valence-corrected chi connectivity index (χ3v) is 6.11. The summed E-state index contributed by atoms with van der Waals surface area (Å²) >= 11 is -6.76. The first-order chi connectivity index (χ1) is 10.8. The fraction of sp³-hybridized carbons (Fsp3) is 1.00. The first-order valence-corrected chi connectivity index (χ1v) is 9.31. The molecule has 0 aromatic heterocycles. The van der Waals surface area contributed by atoms with Crippen LogP contribution in [0, 0.1) is 0 Å². The van der Waals surface area contributed by atoms with Gasteiger partial charge in [-0.05, 0) is 0 Å². The second-order valence-corrected chi connectivity index (χ2v) is 8.94. The average molecular weight is 524 g/mol. The first-order valence-electron chi connectivity index (χ1n) is 5.50. The van der Waals surface area contributed by atoms with E-state index in [0.717, 1.165) is 0 Å². The minimum absolute atomic E-state index is 2.54. The minimum atomic E-state index is -6.76. The van der Waals surface area contributed by atoms with Crippen LogP contribution in [-0.2, 0) is 12.4 Å². The molecule has 0 unspecified atom stereocenters. The molecule has 0 saturated carbocycles. The molecule has 0 radical (unpaired) electrons. The van der Waals surface area contributed by atoms with Gasteiger partial charge in [-0.25, -0.2) is 0 Å². The van der Waals surface area contributed by atoms with Gasteiger partial charge in [-0.15, -0.1) is 0 Å². The van der Waals surface area contributed by atoms with Crippen molar-refractivity contribution in [1.82, 2.24) is 0 Å². The van der Waals surface area contributed by atoms with Crippen molar-refractivity contribution >= 4 is 19.8 Å². The van der Waals surface area contributed by atoms with Crippen LogP contribution in [-0.4, -0.2) is 71.0 Å². The fourth-order valence-electron chi connectivity index (χ4n) is 0.760. The van der Waals surface area contributed by atoms with Gasteiger partial charge in [0, 0.05) is 0 Å². The van der Waals surface area contributed by atoms with Crippen molar-refractivity contribution in [2.75, 3.05) is 26.4 Å². The van der Waals surface area contributed by atoms with E-state index in [-0.39, 0.29) is 0 Å². The fourth-order valence-corrected chi connectivity index (χ4v) is 5.10. The molecule has 0 amide bonds. The molecule has 0 aliphatic carbocycles. The van der Waals surface area contributed by atoms with Gasteiger partial charge in [-0.3, -0.25) is 0 Å². The quantitative estimate of drug-likeness (QED) is 0.359. The Morgan fingerprint density at radius 2 is 0.560 bits per heavy atom. The van der Waals surface area contributed by atoms with Gasteiger partial charge < -0.3 is 0 Å². The molecule has 0 spiro atoms. The molecule has 4 nitrogen and oxygen atoms in total. The number of rotatable bonds is 8. The average Bonchev–Trinajstić information content (AvgIpc) is 2.33. The molecule has 0 saturated heterocycles. The summed E-state index contributed by atoms with van der Waals surface area (Å²) in [5, 5.41) is 0. The van der Waals surface area contributed by atoms with Crippen LogP contribution in [0.3, 0.4) is 0 Å². The molecule has 154 valence electrons. The molecule has 0 rings (SSSR count). The van der Waals surface area contributed by atoms with Crippen molar-refractivity contribution in [1.29, 1.82) is 0 Å². The van der Waals surface area contributed by atoms with Gasteiger partial charge in [0.25, 0.3) is 0 Å². The van der Waals surface area contributed by atoms with E-state index >= 15 is 0 Å². The predicted octanol–water partition coefficient (Wildman–Crippen LogP) is 3.74. The third kappa shape index (κ3) is 14.6. The van der Waals surface area contributed by atoms with E-state index in [2.05, 4.69) is 12.4 Å². The van der Waals surface area contributed by atoms with Crippen LogP contribution < -0.4 is 0 Å². The molecule has 0 aromatic carbocycles. The second kappa shape index (κ2) is 8.65. The molecule has 17 heteroatoms. The number of hydrogen-bond donors (Lipinski definition) is 0. The molecular weight excluding hydrogens is 516 g/mol. The van der Waals surface area contributed by atoms with Crippen molar-refractivity contribution in [2.45, 2.75) is 24.7 Å². The maximum atomic E-state index is 12.1. The Morgan fingerprint density at radius 3 is 0.680 bits per heavy atom. The maximum absolute atomic E-state index is 12.1. The topological polar surface area (TPSA) is 36.9 Å². The van der Waals surface area contributed by atoms with Gasteiger partial charge in [0.15, 0.2) is 0 Å². The van der Waals surface area contributed by atoms with Crippen molar-refractivity contribution in [3.05, 3.63) is 0 Å². The second-order valence-electron chi connectivity index (χ2n) is 3.92. The summed E-state index contributed by atoms with van der Waals surface area (Å²) in [6.07, 6.45) is -21.3. The van der Waals surface area contributed by atoms with Crippen LogP contribution in [0.1, 0.15) is 0 Å². The molecule has 0 aromatic rings. The van der Waals surface area contributed by atoms with Crippen molar-refractivity contribution in [3.63, 3.8) is 0 Å². The van der Waals surface area contributed by atoms with Crippen molar-refractivity contribution in [3.8, 4) is 0 Å². The van der Waals surface area contributed by atoms with E-state index in [4.69, 9.17) is 0 Å². The molecule has 0 atom stereocenters. The van der Waals surface area contributed by atoms with Crippen LogP contribution in [0.15, 0.2) is 0 Å². The van der Waals surface area contributed by atoms with Gasteiger partial charge >= 0.3 is 136 Å². The van der Waals surface area contributed by atoms with Crippen molar-refractivity contribution in [2.24, 2.45) is 0 Å². The summed E-state index contributed by atoms with van der Waals surface area (Å²) in [6, 6.07) is 0. The molecule has 0 N–H and O–H groups in total. The van der Waals surface area contributed by atoms with E-state index < -0.39 is 71.0 Å². The Hall–Kier alpha value is -0.210. The zero-order chi connectivity index (χ0) is 20.2. The molecule has 0 aliphatic heterocycles. The normalized spacial score (nSPS) is 15.5. The summed E-state index contributed by atoms with van der Waals surface area (Å²) in [5.74, 6) is 0. The van der Waals surface area contributed by atoms with E-state index in [1.807, 2.05) is 0 Å². The summed E-state index contributed by atoms with van der Waals surface area (Å²) < 4.78 is 160.